The zero-order valence-corrected chi connectivity index (χ0v) is 18.3. The molecule has 0 bridgehead atoms. The van der Waals surface area contributed by atoms with Crippen LogP contribution in [0.2, 0.25) is 0 Å². The summed E-state index contributed by atoms with van der Waals surface area (Å²) >= 11 is 2.33. The molecule has 0 saturated heterocycles. The van der Waals surface area contributed by atoms with E-state index < -0.39 is 17.6 Å². The molecule has 0 unspecified atom stereocenters. The minimum atomic E-state index is -4.49. The monoisotopic (exact) mass is 475 g/mol. The summed E-state index contributed by atoms with van der Waals surface area (Å²) in [6.45, 7) is 1.98. The van der Waals surface area contributed by atoms with E-state index in [1.54, 1.807) is 0 Å². The van der Waals surface area contributed by atoms with Crippen molar-refractivity contribution in [3.8, 4) is 11.1 Å². The molecule has 2 N–H and O–H groups in total. The van der Waals surface area contributed by atoms with E-state index in [2.05, 4.69) is 15.3 Å². The summed E-state index contributed by atoms with van der Waals surface area (Å²) in [5.74, 6) is -0.635. The van der Waals surface area contributed by atoms with Gasteiger partial charge in [-0.2, -0.15) is 13.2 Å². The number of carbonyl (C=O) groups is 1. The molecule has 0 aliphatic rings. The van der Waals surface area contributed by atoms with Crippen molar-refractivity contribution in [3.05, 3.63) is 75.4 Å². The third kappa shape index (κ3) is 4.86. The summed E-state index contributed by atoms with van der Waals surface area (Å²) in [6, 6.07) is 12.2. The van der Waals surface area contributed by atoms with E-state index in [-0.39, 0.29) is 22.2 Å². The van der Waals surface area contributed by atoms with Crippen molar-refractivity contribution in [2.24, 2.45) is 0 Å². The van der Waals surface area contributed by atoms with Gasteiger partial charge < -0.3 is 10.3 Å². The van der Waals surface area contributed by atoms with Gasteiger partial charge in [0.1, 0.15) is 4.83 Å². The highest BCUT2D eigenvalue weighted by Gasteiger charge is 2.30. The lowest BCUT2D eigenvalue weighted by atomic mass is 10.1. The van der Waals surface area contributed by atoms with Crippen molar-refractivity contribution >= 4 is 44.9 Å². The Bertz CT molecular complexity index is 1350. The lowest BCUT2D eigenvalue weighted by Gasteiger charge is -2.09. The van der Waals surface area contributed by atoms with Crippen molar-refractivity contribution in [2.45, 2.75) is 18.3 Å². The molecule has 0 fully saturated rings. The van der Waals surface area contributed by atoms with Crippen molar-refractivity contribution in [1.82, 2.24) is 9.97 Å². The topological polar surface area (TPSA) is 74.8 Å². The molecule has 0 aliphatic carbocycles. The number of hydrogen-bond acceptors (Lipinski definition) is 5. The zero-order valence-electron chi connectivity index (χ0n) is 16.6. The summed E-state index contributed by atoms with van der Waals surface area (Å²) in [4.78, 5) is 32.5. The van der Waals surface area contributed by atoms with Gasteiger partial charge >= 0.3 is 6.18 Å². The number of nitrogens with zero attached hydrogens (tertiary/aromatic N) is 1. The largest absolute Gasteiger partial charge is 0.416 e. The minimum absolute atomic E-state index is 0.0447. The maximum Gasteiger partial charge on any atom is 0.416 e. The van der Waals surface area contributed by atoms with Crippen molar-refractivity contribution in [3.63, 3.8) is 0 Å². The molecule has 0 aliphatic heterocycles. The van der Waals surface area contributed by atoms with Crippen LogP contribution in [0.25, 0.3) is 21.3 Å². The third-order valence-electron chi connectivity index (χ3n) is 4.60. The Morgan fingerprint density at radius 3 is 2.66 bits per heavy atom. The molecule has 4 aromatic rings. The van der Waals surface area contributed by atoms with E-state index in [9.17, 15) is 22.8 Å². The first kappa shape index (κ1) is 22.1. The van der Waals surface area contributed by atoms with E-state index in [1.807, 2.05) is 36.6 Å². The molecule has 5 nitrogen and oxygen atoms in total. The van der Waals surface area contributed by atoms with Crippen LogP contribution in [0.15, 0.2) is 63.9 Å². The molecular formula is C22H16F3N3O2S2. The lowest BCUT2D eigenvalue weighted by Crippen LogP contribution is -2.16. The second-order valence-electron chi connectivity index (χ2n) is 6.98. The number of fused-ring (bicyclic) bond motifs is 1. The SMILES string of the molecule is Cc1ccc(-c2csc3nc(SCC(=O)Nc4cccc(C(F)(F)F)c4)[nH]c(=O)c23)cc1. The number of aryl methyl sites for hydroxylation is 1. The van der Waals surface area contributed by atoms with Crippen LogP contribution >= 0.6 is 23.1 Å². The van der Waals surface area contributed by atoms with Gasteiger partial charge in [-0.1, -0.05) is 47.7 Å². The molecule has 4 rings (SSSR count). The van der Waals surface area contributed by atoms with Gasteiger partial charge in [0.25, 0.3) is 5.56 Å². The fraction of sp³-hybridized carbons (Fsp3) is 0.136. The second kappa shape index (κ2) is 8.79. The third-order valence-corrected chi connectivity index (χ3v) is 6.34. The second-order valence-corrected chi connectivity index (χ2v) is 8.80. The highest BCUT2D eigenvalue weighted by atomic mass is 32.2. The van der Waals surface area contributed by atoms with Crippen molar-refractivity contribution < 1.29 is 18.0 Å². The van der Waals surface area contributed by atoms with Crippen LogP contribution in [0, 0.1) is 6.92 Å². The van der Waals surface area contributed by atoms with E-state index in [1.165, 1.54) is 23.5 Å². The first-order valence-electron chi connectivity index (χ1n) is 9.39. The minimum Gasteiger partial charge on any atom is -0.325 e. The van der Waals surface area contributed by atoms with Crippen LogP contribution in [0.1, 0.15) is 11.1 Å². The number of rotatable bonds is 5. The predicted molar refractivity (Wildman–Crippen MR) is 121 cm³/mol. The molecule has 0 atom stereocenters. The summed E-state index contributed by atoms with van der Waals surface area (Å²) in [7, 11) is 0. The molecule has 1 amide bonds. The number of thiophene rings is 1. The Balaban J connectivity index is 1.48. The van der Waals surface area contributed by atoms with Crippen molar-refractivity contribution in [2.75, 3.05) is 11.1 Å². The number of anilines is 1. The van der Waals surface area contributed by atoms with Gasteiger partial charge in [-0.05, 0) is 30.7 Å². The highest BCUT2D eigenvalue weighted by Crippen LogP contribution is 2.32. The average molecular weight is 476 g/mol. The van der Waals surface area contributed by atoms with Gasteiger partial charge in [-0.25, -0.2) is 4.98 Å². The van der Waals surface area contributed by atoms with E-state index in [0.717, 1.165) is 40.6 Å². The maximum atomic E-state index is 12.8. The number of halogens is 3. The quantitative estimate of drug-likeness (QED) is 0.286. The van der Waals surface area contributed by atoms with Crippen LogP contribution in [0.4, 0.5) is 18.9 Å². The highest BCUT2D eigenvalue weighted by molar-refractivity contribution is 7.99. The van der Waals surface area contributed by atoms with Gasteiger partial charge in [-0.3, -0.25) is 9.59 Å². The van der Waals surface area contributed by atoms with E-state index >= 15 is 0 Å². The predicted octanol–water partition coefficient (Wildman–Crippen LogP) is 5.71. The number of hydrogen-bond donors (Lipinski definition) is 2. The van der Waals surface area contributed by atoms with Crippen molar-refractivity contribution in [1.29, 1.82) is 0 Å². The first-order valence-corrected chi connectivity index (χ1v) is 11.3. The number of carbonyl (C=O) groups excluding carboxylic acids is 1. The Morgan fingerprint density at radius 2 is 1.94 bits per heavy atom. The average Bonchev–Trinajstić information content (AvgIpc) is 3.17. The zero-order chi connectivity index (χ0) is 22.9. The molecular weight excluding hydrogens is 459 g/mol. The first-order chi connectivity index (χ1) is 15.2. The standard InChI is InChI=1S/C22H16F3N3O2S2/c1-12-5-7-13(8-6-12)16-10-31-20-18(16)19(30)27-21(28-20)32-11-17(29)26-15-4-2-3-14(9-15)22(23,24)25/h2-10H,11H2,1H3,(H,26,29)(H,27,28,30). The number of benzene rings is 2. The number of aromatic nitrogens is 2. The Hall–Kier alpha value is -3.11. The molecule has 2 aromatic carbocycles. The molecule has 0 saturated carbocycles. The van der Waals surface area contributed by atoms with Crippen LogP contribution < -0.4 is 10.9 Å². The van der Waals surface area contributed by atoms with Crippen LogP contribution in [-0.4, -0.2) is 21.6 Å². The van der Waals surface area contributed by atoms with Gasteiger partial charge in [0.2, 0.25) is 5.91 Å². The number of H-pyrrole nitrogens is 1. The fourth-order valence-corrected chi connectivity index (χ4v) is 4.71. The van der Waals surface area contributed by atoms with Crippen LogP contribution in [0.3, 0.4) is 0 Å². The molecule has 0 spiro atoms. The smallest absolute Gasteiger partial charge is 0.325 e. The Morgan fingerprint density at radius 1 is 1.19 bits per heavy atom. The van der Waals surface area contributed by atoms with Gasteiger partial charge in [0.15, 0.2) is 5.16 Å². The Kier molecular flexibility index (Phi) is 6.07. The molecule has 0 radical (unpaired) electrons. The maximum absolute atomic E-state index is 12.8. The normalized spacial score (nSPS) is 11.6. The summed E-state index contributed by atoms with van der Waals surface area (Å²) < 4.78 is 38.4. The summed E-state index contributed by atoms with van der Waals surface area (Å²) in [6.07, 6.45) is -4.49. The molecule has 2 aromatic heterocycles. The fourth-order valence-electron chi connectivity index (χ4n) is 3.05. The Labute approximate surface area is 188 Å². The summed E-state index contributed by atoms with van der Waals surface area (Å²) in [5, 5.41) is 5.04. The number of thioether (sulfide) groups is 1. The molecule has 32 heavy (non-hydrogen) atoms. The number of alkyl halides is 3. The van der Waals surface area contributed by atoms with Gasteiger partial charge in [0, 0.05) is 16.6 Å². The summed E-state index contributed by atoms with van der Waals surface area (Å²) in [5.41, 5.74) is 1.70. The molecule has 164 valence electrons. The molecule has 2 heterocycles. The van der Waals surface area contributed by atoms with E-state index in [4.69, 9.17) is 0 Å². The number of nitrogens with one attached hydrogen (secondary N) is 2. The van der Waals surface area contributed by atoms with Gasteiger partial charge in [0.05, 0.1) is 16.7 Å². The van der Waals surface area contributed by atoms with Gasteiger partial charge in [-0.15, -0.1) is 11.3 Å². The lowest BCUT2D eigenvalue weighted by molar-refractivity contribution is -0.137. The van der Waals surface area contributed by atoms with Crippen LogP contribution in [-0.2, 0) is 11.0 Å². The van der Waals surface area contributed by atoms with Crippen LogP contribution in [0.5, 0.6) is 0 Å². The molecule has 10 heteroatoms. The van der Waals surface area contributed by atoms with E-state index in [0.29, 0.717) is 10.2 Å². The number of amides is 1. The number of aromatic amines is 1.